The molecule has 0 spiro atoms. The number of nitrogens with one attached hydrogen (secondary N) is 2. The van der Waals surface area contributed by atoms with Crippen LogP contribution in [0.15, 0.2) is 30.5 Å². The Bertz CT molecular complexity index is 1340. The van der Waals surface area contributed by atoms with E-state index in [9.17, 15) is 9.59 Å². The van der Waals surface area contributed by atoms with Crippen LogP contribution in [0, 0.1) is 20.8 Å². The smallest absolute Gasteiger partial charge is 0.270 e. The summed E-state index contributed by atoms with van der Waals surface area (Å²) in [5, 5.41) is 10.7. The first-order valence-corrected chi connectivity index (χ1v) is 10.8. The molecule has 4 N–H and O–H groups in total. The molecular weight excluding hydrogens is 426 g/mol. The van der Waals surface area contributed by atoms with Crippen molar-refractivity contribution in [3.05, 3.63) is 69.8 Å². The Balaban J connectivity index is 1.68. The second-order valence-corrected chi connectivity index (χ2v) is 8.48. The molecule has 0 aliphatic rings. The quantitative estimate of drug-likeness (QED) is 0.415. The van der Waals surface area contributed by atoms with Gasteiger partial charge in [0.05, 0.1) is 6.20 Å². The molecule has 0 aliphatic carbocycles. The van der Waals surface area contributed by atoms with Gasteiger partial charge in [-0.1, -0.05) is 41.2 Å². The molecule has 4 aromatic rings. The predicted octanol–water partition coefficient (Wildman–Crippen LogP) is 3.09. The average Bonchev–Trinajstić information content (AvgIpc) is 3.36. The number of carbonyl (C=O) groups is 2. The Kier molecular flexibility index (Phi) is 5.62. The number of anilines is 2. The lowest BCUT2D eigenvalue weighted by Crippen LogP contribution is -2.18. The highest BCUT2D eigenvalue weighted by atomic mass is 32.1. The van der Waals surface area contributed by atoms with Gasteiger partial charge in [0.2, 0.25) is 0 Å². The molecule has 0 radical (unpaired) electrons. The first-order chi connectivity index (χ1) is 15.3. The molecule has 10 heteroatoms. The first kappa shape index (κ1) is 21.4. The maximum Gasteiger partial charge on any atom is 0.270 e. The minimum Gasteiger partial charge on any atom is -0.365 e. The summed E-state index contributed by atoms with van der Waals surface area (Å²) in [6.45, 7) is 5.95. The number of carbonyl (C=O) groups excluding carboxylic acids is 2. The topological polar surface area (TPSA) is 127 Å². The maximum absolute atomic E-state index is 13.0. The Labute approximate surface area is 188 Å². The molecule has 2 amide bonds. The number of rotatable bonds is 6. The minimum atomic E-state index is -0.719. The number of primary amides is 1. The van der Waals surface area contributed by atoms with Gasteiger partial charge in [-0.05, 0) is 31.9 Å². The number of nitrogens with two attached hydrogens (primary N) is 1. The number of hydrogen-bond donors (Lipinski definition) is 3. The SMILES string of the molecule is CNc1nc(C(N)=O)c(NC(=O)c2cnn3c(C)c(Cc4ccc(C)cc4)c(C)nc23)s1. The minimum absolute atomic E-state index is 0.00452. The number of thiazole rings is 1. The summed E-state index contributed by atoms with van der Waals surface area (Å²) >= 11 is 1.13. The third-order valence-electron chi connectivity index (χ3n) is 5.26. The van der Waals surface area contributed by atoms with Crippen LogP contribution >= 0.6 is 11.3 Å². The van der Waals surface area contributed by atoms with E-state index < -0.39 is 11.8 Å². The van der Waals surface area contributed by atoms with Gasteiger partial charge in [0, 0.05) is 24.9 Å². The molecule has 0 bridgehead atoms. The summed E-state index contributed by atoms with van der Waals surface area (Å²) in [4.78, 5) is 33.4. The van der Waals surface area contributed by atoms with Gasteiger partial charge in [-0.25, -0.2) is 14.5 Å². The van der Waals surface area contributed by atoms with Crippen molar-refractivity contribution in [1.82, 2.24) is 19.6 Å². The van der Waals surface area contributed by atoms with Crippen LogP contribution in [0.25, 0.3) is 5.65 Å². The molecule has 0 fully saturated rings. The molecule has 3 aromatic heterocycles. The van der Waals surface area contributed by atoms with Crippen LogP contribution < -0.4 is 16.4 Å². The molecule has 0 aliphatic heterocycles. The highest BCUT2D eigenvalue weighted by Crippen LogP contribution is 2.29. The van der Waals surface area contributed by atoms with Crippen LogP contribution in [0.5, 0.6) is 0 Å². The van der Waals surface area contributed by atoms with Gasteiger partial charge in [-0.3, -0.25) is 9.59 Å². The Morgan fingerprint density at radius 1 is 1.12 bits per heavy atom. The molecule has 0 saturated carbocycles. The number of aryl methyl sites for hydroxylation is 3. The molecule has 0 atom stereocenters. The molecule has 164 valence electrons. The average molecular weight is 450 g/mol. The molecule has 32 heavy (non-hydrogen) atoms. The number of nitrogens with zero attached hydrogens (tertiary/aromatic N) is 4. The van der Waals surface area contributed by atoms with Crippen LogP contribution in [0.3, 0.4) is 0 Å². The largest absolute Gasteiger partial charge is 0.365 e. The van der Waals surface area contributed by atoms with Gasteiger partial charge < -0.3 is 16.4 Å². The van der Waals surface area contributed by atoms with Gasteiger partial charge in [0.25, 0.3) is 11.8 Å². The molecular formula is C22H23N7O2S. The van der Waals surface area contributed by atoms with Gasteiger partial charge >= 0.3 is 0 Å². The Morgan fingerprint density at radius 2 is 1.84 bits per heavy atom. The van der Waals surface area contributed by atoms with E-state index in [0.717, 1.165) is 34.7 Å². The third kappa shape index (κ3) is 3.92. The molecule has 0 saturated heterocycles. The van der Waals surface area contributed by atoms with Crippen LogP contribution in [-0.2, 0) is 6.42 Å². The number of hydrogen-bond acceptors (Lipinski definition) is 7. The second-order valence-electron chi connectivity index (χ2n) is 7.48. The van der Waals surface area contributed by atoms with Crippen LogP contribution in [0.4, 0.5) is 10.1 Å². The lowest BCUT2D eigenvalue weighted by Gasteiger charge is -2.12. The maximum atomic E-state index is 13.0. The molecule has 1 aromatic carbocycles. The summed E-state index contributed by atoms with van der Waals surface area (Å²) in [5.74, 6) is -1.16. The van der Waals surface area contributed by atoms with Crippen LogP contribution in [0.1, 0.15) is 48.9 Å². The molecule has 4 rings (SSSR count). The highest BCUT2D eigenvalue weighted by molar-refractivity contribution is 7.20. The van der Waals surface area contributed by atoms with Crippen molar-refractivity contribution in [2.75, 3.05) is 17.7 Å². The van der Waals surface area contributed by atoms with E-state index in [4.69, 9.17) is 5.73 Å². The highest BCUT2D eigenvalue weighted by Gasteiger charge is 2.22. The van der Waals surface area contributed by atoms with Crippen LogP contribution in [0.2, 0.25) is 0 Å². The van der Waals surface area contributed by atoms with Crippen molar-refractivity contribution in [3.8, 4) is 0 Å². The monoisotopic (exact) mass is 449 g/mol. The van der Waals surface area contributed by atoms with Crippen molar-refractivity contribution in [1.29, 1.82) is 0 Å². The van der Waals surface area contributed by atoms with Gasteiger partial charge in [-0.2, -0.15) is 5.10 Å². The van der Waals surface area contributed by atoms with Crippen molar-refractivity contribution in [3.63, 3.8) is 0 Å². The fourth-order valence-corrected chi connectivity index (χ4v) is 4.31. The second kappa shape index (κ2) is 8.39. The van der Waals surface area contributed by atoms with E-state index in [1.165, 1.54) is 17.3 Å². The van der Waals surface area contributed by atoms with E-state index in [1.54, 1.807) is 11.6 Å². The first-order valence-electron chi connectivity index (χ1n) is 9.97. The van der Waals surface area contributed by atoms with Crippen molar-refractivity contribution in [2.24, 2.45) is 5.73 Å². The van der Waals surface area contributed by atoms with E-state index >= 15 is 0 Å². The van der Waals surface area contributed by atoms with Gasteiger partial charge in [0.1, 0.15) is 10.6 Å². The fourth-order valence-electron chi connectivity index (χ4n) is 3.49. The number of fused-ring (bicyclic) bond motifs is 1. The van der Waals surface area contributed by atoms with Gasteiger partial charge in [-0.15, -0.1) is 0 Å². The number of amides is 2. The summed E-state index contributed by atoms with van der Waals surface area (Å²) in [6, 6.07) is 8.37. The predicted molar refractivity (Wildman–Crippen MR) is 125 cm³/mol. The zero-order valence-electron chi connectivity index (χ0n) is 18.2. The summed E-state index contributed by atoms with van der Waals surface area (Å²) in [7, 11) is 1.67. The third-order valence-corrected chi connectivity index (χ3v) is 6.24. The van der Waals surface area contributed by atoms with Crippen molar-refractivity contribution >= 4 is 38.9 Å². The zero-order chi connectivity index (χ0) is 23.0. The number of aromatic nitrogens is 4. The van der Waals surface area contributed by atoms with Gasteiger partial charge in [0.15, 0.2) is 16.5 Å². The molecule has 3 heterocycles. The van der Waals surface area contributed by atoms with Crippen LogP contribution in [-0.4, -0.2) is 38.4 Å². The normalized spacial score (nSPS) is 11.0. The fraction of sp³-hybridized carbons (Fsp3) is 0.227. The summed E-state index contributed by atoms with van der Waals surface area (Å²) in [6.07, 6.45) is 2.20. The lowest BCUT2D eigenvalue weighted by molar-refractivity contribution is 0.0997. The van der Waals surface area contributed by atoms with E-state index in [0.29, 0.717) is 16.3 Å². The van der Waals surface area contributed by atoms with Crippen molar-refractivity contribution < 1.29 is 9.59 Å². The Hall–Kier alpha value is -3.79. The van der Waals surface area contributed by atoms with E-state index in [1.807, 2.05) is 13.8 Å². The van der Waals surface area contributed by atoms with Crippen molar-refractivity contribution in [2.45, 2.75) is 27.2 Å². The zero-order valence-corrected chi connectivity index (χ0v) is 19.0. The standard InChI is InChI=1S/C22H23N7O2S/c1-11-5-7-14(8-6-11)9-15-12(2)26-19-16(10-25-29(19)13(15)3)20(31)28-21-17(18(23)30)27-22(24-4)32-21/h5-8,10H,9H2,1-4H3,(H2,23,30)(H,24,27)(H,28,31). The lowest BCUT2D eigenvalue weighted by atomic mass is 10.0. The summed E-state index contributed by atoms with van der Waals surface area (Å²) < 4.78 is 1.67. The van der Waals surface area contributed by atoms with E-state index in [-0.39, 0.29) is 10.7 Å². The molecule has 0 unspecified atom stereocenters. The Morgan fingerprint density at radius 3 is 2.50 bits per heavy atom. The number of benzene rings is 1. The summed E-state index contributed by atoms with van der Waals surface area (Å²) in [5.41, 5.74) is 11.3. The van der Waals surface area contributed by atoms with E-state index in [2.05, 4.69) is 56.9 Å². The molecule has 9 nitrogen and oxygen atoms in total.